The SMILES string of the molecule is CC(C)OC(=O)C(C)NP(=O)(OCCSC(=O)C(C)(C)C)OCC1CC(Cl)C(n2ccc(N)nc2=O)O1. The third-order valence-electron chi connectivity index (χ3n) is 4.93. The van der Waals surface area contributed by atoms with Gasteiger partial charge in [-0.1, -0.05) is 32.5 Å². The summed E-state index contributed by atoms with van der Waals surface area (Å²) in [6.45, 7) is 9.97. The number of carbonyl (C=O) groups excluding carboxylic acids is 2. The van der Waals surface area contributed by atoms with E-state index in [-0.39, 0.29) is 42.4 Å². The molecule has 15 heteroatoms. The average molecular weight is 583 g/mol. The fourth-order valence-electron chi connectivity index (χ4n) is 3.10. The first-order valence-electron chi connectivity index (χ1n) is 11.8. The summed E-state index contributed by atoms with van der Waals surface area (Å²) in [4.78, 5) is 40.3. The number of nitrogens with one attached hydrogen (secondary N) is 1. The number of ether oxygens (including phenoxy) is 2. The van der Waals surface area contributed by atoms with Gasteiger partial charge in [0.1, 0.15) is 11.9 Å². The fraction of sp³-hybridized carbons (Fsp3) is 0.727. The molecule has 0 spiro atoms. The Labute approximate surface area is 225 Å². The van der Waals surface area contributed by atoms with Gasteiger partial charge in [0.05, 0.1) is 30.8 Å². The van der Waals surface area contributed by atoms with E-state index in [0.717, 1.165) is 11.8 Å². The molecule has 1 fully saturated rings. The molecule has 0 radical (unpaired) electrons. The maximum atomic E-state index is 13.5. The maximum Gasteiger partial charge on any atom is 0.406 e. The molecule has 2 heterocycles. The lowest BCUT2D eigenvalue weighted by Gasteiger charge is -2.24. The van der Waals surface area contributed by atoms with Crippen LogP contribution in [0.4, 0.5) is 5.82 Å². The van der Waals surface area contributed by atoms with Crippen molar-refractivity contribution in [2.24, 2.45) is 5.41 Å². The van der Waals surface area contributed by atoms with Gasteiger partial charge in [-0.15, -0.1) is 11.6 Å². The lowest BCUT2D eigenvalue weighted by atomic mass is 10.00. The number of anilines is 1. The molecule has 1 saturated heterocycles. The highest BCUT2D eigenvalue weighted by Crippen LogP contribution is 2.46. The van der Waals surface area contributed by atoms with Gasteiger partial charge in [0.2, 0.25) is 0 Å². The van der Waals surface area contributed by atoms with Crippen LogP contribution in [0.2, 0.25) is 0 Å². The number of halogens is 1. The number of nitrogens with two attached hydrogens (primary N) is 1. The molecule has 1 aliphatic heterocycles. The Morgan fingerprint density at radius 1 is 1.35 bits per heavy atom. The molecular weight excluding hydrogens is 547 g/mol. The minimum absolute atomic E-state index is 0.0420. The summed E-state index contributed by atoms with van der Waals surface area (Å²) in [5, 5.41) is 1.95. The van der Waals surface area contributed by atoms with E-state index in [0.29, 0.717) is 0 Å². The van der Waals surface area contributed by atoms with Crippen molar-refractivity contribution >= 4 is 48.0 Å². The van der Waals surface area contributed by atoms with Crippen molar-refractivity contribution in [2.75, 3.05) is 24.7 Å². The van der Waals surface area contributed by atoms with Gasteiger partial charge in [-0.05, 0) is 33.3 Å². The second-order valence-electron chi connectivity index (χ2n) is 9.79. The maximum absolute atomic E-state index is 13.5. The lowest BCUT2D eigenvalue weighted by Crippen LogP contribution is -2.36. The van der Waals surface area contributed by atoms with Crippen LogP contribution >= 0.6 is 31.1 Å². The van der Waals surface area contributed by atoms with Crippen LogP contribution in [-0.2, 0) is 32.7 Å². The number of hydrogen-bond acceptors (Lipinski definition) is 11. The highest BCUT2D eigenvalue weighted by atomic mass is 35.5. The van der Waals surface area contributed by atoms with Crippen molar-refractivity contribution in [3.8, 4) is 0 Å². The first-order valence-corrected chi connectivity index (χ1v) is 14.8. The second-order valence-corrected chi connectivity index (χ2v) is 13.2. The van der Waals surface area contributed by atoms with Crippen molar-refractivity contribution in [1.82, 2.24) is 14.6 Å². The molecule has 1 aliphatic rings. The summed E-state index contributed by atoms with van der Waals surface area (Å²) in [5.41, 5.74) is 4.38. The predicted octanol–water partition coefficient (Wildman–Crippen LogP) is 3.10. The molecule has 2 rings (SSSR count). The number of hydrogen-bond donors (Lipinski definition) is 2. The van der Waals surface area contributed by atoms with Crippen LogP contribution in [-0.4, -0.2) is 63.2 Å². The smallest absolute Gasteiger partial charge is 0.406 e. The predicted molar refractivity (Wildman–Crippen MR) is 141 cm³/mol. The number of alkyl halides is 1. The van der Waals surface area contributed by atoms with Gasteiger partial charge in [-0.2, -0.15) is 4.98 Å². The number of aromatic nitrogens is 2. The zero-order valence-electron chi connectivity index (χ0n) is 21.8. The number of carbonyl (C=O) groups is 2. The Hall–Kier alpha value is -1.47. The van der Waals surface area contributed by atoms with Crippen molar-refractivity contribution in [3.05, 3.63) is 22.7 Å². The van der Waals surface area contributed by atoms with E-state index in [1.165, 1.54) is 23.8 Å². The average Bonchev–Trinajstić information content (AvgIpc) is 3.14. The summed E-state index contributed by atoms with van der Waals surface area (Å²) in [6, 6.07) is 0.444. The number of nitrogens with zero attached hydrogens (tertiary/aromatic N) is 2. The molecule has 3 N–H and O–H groups in total. The molecule has 0 aliphatic carbocycles. The first kappa shape index (κ1) is 31.7. The number of rotatable bonds is 12. The third-order valence-corrected chi connectivity index (χ3v) is 8.29. The first-order chi connectivity index (χ1) is 17.1. The molecule has 0 bridgehead atoms. The van der Waals surface area contributed by atoms with Crippen molar-refractivity contribution in [2.45, 2.75) is 77.8 Å². The van der Waals surface area contributed by atoms with Gasteiger partial charge in [0.15, 0.2) is 11.3 Å². The fourth-order valence-corrected chi connectivity index (χ4v) is 5.88. The summed E-state index contributed by atoms with van der Waals surface area (Å²) in [7, 11) is -4.05. The number of esters is 1. The Kier molecular flexibility index (Phi) is 11.6. The lowest BCUT2D eigenvalue weighted by molar-refractivity contribution is -0.149. The van der Waals surface area contributed by atoms with Crippen molar-refractivity contribution < 1.29 is 32.7 Å². The normalized spacial score (nSPS) is 22.5. The van der Waals surface area contributed by atoms with E-state index in [4.69, 9.17) is 35.9 Å². The van der Waals surface area contributed by atoms with Gasteiger partial charge in [0.25, 0.3) is 0 Å². The monoisotopic (exact) mass is 582 g/mol. The van der Waals surface area contributed by atoms with Gasteiger partial charge in [-0.25, -0.2) is 14.4 Å². The highest BCUT2D eigenvalue weighted by Gasteiger charge is 2.39. The summed E-state index contributed by atoms with van der Waals surface area (Å²) < 4.78 is 36.9. The van der Waals surface area contributed by atoms with Crippen LogP contribution in [0, 0.1) is 5.41 Å². The molecule has 37 heavy (non-hydrogen) atoms. The number of nitrogen functional groups attached to an aromatic ring is 1. The van der Waals surface area contributed by atoms with Crippen LogP contribution in [0.15, 0.2) is 17.1 Å². The molecule has 5 atom stereocenters. The number of thioether (sulfide) groups is 1. The van der Waals surface area contributed by atoms with E-state index in [2.05, 4.69) is 10.1 Å². The molecule has 0 amide bonds. The van der Waals surface area contributed by atoms with Crippen LogP contribution in [0.3, 0.4) is 0 Å². The topological polar surface area (TPSA) is 161 Å². The standard InChI is InChI=1S/C22H36ClN4O8PS/c1-13(2)34-19(28)14(3)26-36(31,32-9-10-37-20(29)22(4,5)6)33-12-15-11-16(23)18(35-15)27-8-7-17(24)25-21(27)30/h7-8,13-16,18H,9-12H2,1-6H3,(H,26,31)(H2,24,25,30). The zero-order valence-corrected chi connectivity index (χ0v) is 24.3. The van der Waals surface area contributed by atoms with Crippen LogP contribution < -0.4 is 16.5 Å². The summed E-state index contributed by atoms with van der Waals surface area (Å²) in [5.74, 6) is -0.329. The van der Waals surface area contributed by atoms with E-state index < -0.39 is 48.6 Å². The quantitative estimate of drug-likeness (QED) is 0.160. The second kappa shape index (κ2) is 13.5. The molecule has 0 saturated carbocycles. The molecule has 210 valence electrons. The van der Waals surface area contributed by atoms with E-state index in [1.54, 1.807) is 34.6 Å². The molecule has 12 nitrogen and oxygen atoms in total. The van der Waals surface area contributed by atoms with E-state index >= 15 is 0 Å². The van der Waals surface area contributed by atoms with E-state index in [1.807, 2.05) is 0 Å². The highest BCUT2D eigenvalue weighted by molar-refractivity contribution is 8.13. The molecular formula is C22H36ClN4O8PS. The Balaban J connectivity index is 2.04. The summed E-state index contributed by atoms with van der Waals surface area (Å²) in [6.07, 6.45) is -0.116. The molecule has 1 aromatic heterocycles. The van der Waals surface area contributed by atoms with Gasteiger partial charge < -0.3 is 15.2 Å². The van der Waals surface area contributed by atoms with Crippen LogP contribution in [0.5, 0.6) is 0 Å². The van der Waals surface area contributed by atoms with Crippen LogP contribution in [0.1, 0.15) is 54.2 Å². The molecule has 5 unspecified atom stereocenters. The third kappa shape index (κ3) is 9.97. The summed E-state index contributed by atoms with van der Waals surface area (Å²) >= 11 is 7.45. The Bertz CT molecular complexity index is 1050. The molecule has 1 aromatic rings. The minimum atomic E-state index is -4.05. The van der Waals surface area contributed by atoms with Gasteiger partial charge in [0, 0.05) is 17.4 Å². The van der Waals surface area contributed by atoms with Crippen LogP contribution in [0.25, 0.3) is 0 Å². The van der Waals surface area contributed by atoms with Gasteiger partial charge >= 0.3 is 19.4 Å². The van der Waals surface area contributed by atoms with E-state index in [9.17, 15) is 18.9 Å². The van der Waals surface area contributed by atoms with Gasteiger partial charge in [-0.3, -0.25) is 23.2 Å². The Morgan fingerprint density at radius 3 is 2.62 bits per heavy atom. The van der Waals surface area contributed by atoms with Crippen molar-refractivity contribution in [3.63, 3.8) is 0 Å². The zero-order chi connectivity index (χ0) is 28.0. The molecule has 0 aromatic carbocycles. The largest absolute Gasteiger partial charge is 0.462 e. The Morgan fingerprint density at radius 2 is 2.03 bits per heavy atom. The van der Waals surface area contributed by atoms with Crippen molar-refractivity contribution in [1.29, 1.82) is 0 Å². The minimum Gasteiger partial charge on any atom is -0.462 e.